The lowest BCUT2D eigenvalue weighted by molar-refractivity contribution is 1.10. The molecule has 0 saturated heterocycles. The number of rotatable bonds is 2. The van der Waals surface area contributed by atoms with E-state index < -0.39 is 0 Å². The molecule has 0 heterocycles. The molecule has 0 aliphatic carbocycles. The van der Waals surface area contributed by atoms with Gasteiger partial charge in [0.15, 0.2) is 0 Å². The van der Waals surface area contributed by atoms with Gasteiger partial charge >= 0.3 is 0 Å². The molecule has 2 heteroatoms. The van der Waals surface area contributed by atoms with Gasteiger partial charge in [0.1, 0.15) is 0 Å². The first-order valence-electron chi connectivity index (χ1n) is 4.06. The normalized spacial score (nSPS) is 9.67. The van der Waals surface area contributed by atoms with Crippen LogP contribution in [0.15, 0.2) is 24.3 Å². The summed E-state index contributed by atoms with van der Waals surface area (Å²) < 4.78 is 0. The fraction of sp³-hybridized carbons (Fsp3) is 0.400. The third-order valence-electron chi connectivity index (χ3n) is 1.86. The van der Waals surface area contributed by atoms with Crippen LogP contribution in [-0.4, -0.2) is 28.2 Å². The Kier molecular flexibility index (Phi) is 2.58. The van der Waals surface area contributed by atoms with Gasteiger partial charge in [0.25, 0.3) is 0 Å². The minimum atomic E-state index is 1.24. The van der Waals surface area contributed by atoms with E-state index in [1.165, 1.54) is 11.4 Å². The third kappa shape index (κ3) is 1.91. The smallest absolute Gasteiger partial charge is 0.0381 e. The fourth-order valence-electron chi connectivity index (χ4n) is 1.05. The Morgan fingerprint density at radius 1 is 0.833 bits per heavy atom. The Labute approximate surface area is 74.4 Å². The Hall–Kier alpha value is -1.18. The molecule has 0 aromatic heterocycles. The first kappa shape index (κ1) is 8.91. The van der Waals surface area contributed by atoms with E-state index in [-0.39, 0.29) is 0 Å². The molecule has 12 heavy (non-hydrogen) atoms. The van der Waals surface area contributed by atoms with Crippen LogP contribution in [0.2, 0.25) is 0 Å². The highest BCUT2D eigenvalue weighted by molar-refractivity contribution is 5.58. The quantitative estimate of drug-likeness (QED) is 0.658. The summed E-state index contributed by atoms with van der Waals surface area (Å²) in [7, 11) is 8.20. The molecule has 2 nitrogen and oxygen atoms in total. The maximum absolute atomic E-state index is 2.17. The van der Waals surface area contributed by atoms with Crippen molar-refractivity contribution < 1.29 is 0 Å². The Morgan fingerprint density at radius 3 is 1.58 bits per heavy atom. The topological polar surface area (TPSA) is 6.48 Å². The molecule has 0 radical (unpaired) electrons. The number of hydrogen-bond donors (Lipinski definition) is 0. The molecule has 0 aliphatic heterocycles. The van der Waals surface area contributed by atoms with E-state index in [0.717, 1.165) is 0 Å². The van der Waals surface area contributed by atoms with E-state index >= 15 is 0 Å². The van der Waals surface area contributed by atoms with Gasteiger partial charge in [-0.15, -0.1) is 0 Å². The zero-order chi connectivity index (χ0) is 9.14. The molecular formula is C10H16N2. The molecule has 66 valence electrons. The molecule has 0 spiro atoms. The summed E-state index contributed by atoms with van der Waals surface area (Å²) in [6.07, 6.45) is 0. The van der Waals surface area contributed by atoms with E-state index in [9.17, 15) is 0 Å². The van der Waals surface area contributed by atoms with Crippen LogP contribution in [0.3, 0.4) is 0 Å². The lowest BCUT2D eigenvalue weighted by Gasteiger charge is -2.17. The van der Waals surface area contributed by atoms with Crippen LogP contribution < -0.4 is 9.80 Å². The monoisotopic (exact) mass is 164 g/mol. The summed E-state index contributed by atoms with van der Waals surface area (Å²) in [6, 6.07) is 8.45. The molecule has 1 rings (SSSR count). The highest BCUT2D eigenvalue weighted by atomic mass is 15.1. The van der Waals surface area contributed by atoms with Crippen LogP contribution in [0.4, 0.5) is 11.4 Å². The van der Waals surface area contributed by atoms with E-state index in [1.807, 2.05) is 0 Å². The first-order chi connectivity index (χ1) is 5.61. The zero-order valence-corrected chi connectivity index (χ0v) is 8.20. The van der Waals surface area contributed by atoms with E-state index in [0.29, 0.717) is 0 Å². The van der Waals surface area contributed by atoms with Crippen LogP contribution in [0.25, 0.3) is 0 Å². The molecule has 0 unspecified atom stereocenters. The van der Waals surface area contributed by atoms with Crippen molar-refractivity contribution in [1.82, 2.24) is 0 Å². The Bertz CT molecular complexity index is 231. The summed E-state index contributed by atoms with van der Waals surface area (Å²) in [6.45, 7) is 0. The van der Waals surface area contributed by atoms with Crippen molar-refractivity contribution in [3.8, 4) is 0 Å². The number of anilines is 2. The first-order valence-corrected chi connectivity index (χ1v) is 4.06. The van der Waals surface area contributed by atoms with Crippen molar-refractivity contribution in [3.63, 3.8) is 0 Å². The Balaban J connectivity index is 2.96. The highest BCUT2D eigenvalue weighted by Gasteiger charge is 1.97. The summed E-state index contributed by atoms with van der Waals surface area (Å²) in [5.41, 5.74) is 2.47. The molecule has 1 aromatic carbocycles. The maximum atomic E-state index is 2.17. The number of nitrogens with zero attached hydrogens (tertiary/aromatic N) is 2. The summed E-state index contributed by atoms with van der Waals surface area (Å²) in [5, 5.41) is 0. The summed E-state index contributed by atoms with van der Waals surface area (Å²) in [5.74, 6) is 0. The molecule has 1 aromatic rings. The van der Waals surface area contributed by atoms with Crippen molar-refractivity contribution in [2.24, 2.45) is 0 Å². The molecule has 0 atom stereocenters. The number of hydrogen-bond acceptors (Lipinski definition) is 2. The standard InChI is InChI=1S/C10H16N2/c1-11(2)9-6-5-7-10(8-9)12(3)4/h5-8H,1-4H3. The van der Waals surface area contributed by atoms with Gasteiger partial charge in [0.2, 0.25) is 0 Å². The van der Waals surface area contributed by atoms with Crippen molar-refractivity contribution in [1.29, 1.82) is 0 Å². The lowest BCUT2D eigenvalue weighted by atomic mass is 10.2. The van der Waals surface area contributed by atoms with Crippen LogP contribution in [-0.2, 0) is 0 Å². The minimum Gasteiger partial charge on any atom is -0.378 e. The van der Waals surface area contributed by atoms with Gasteiger partial charge in [0.05, 0.1) is 0 Å². The van der Waals surface area contributed by atoms with Gasteiger partial charge in [-0.1, -0.05) is 6.07 Å². The second-order valence-corrected chi connectivity index (χ2v) is 3.31. The van der Waals surface area contributed by atoms with Crippen molar-refractivity contribution >= 4 is 11.4 Å². The van der Waals surface area contributed by atoms with E-state index in [4.69, 9.17) is 0 Å². The molecule has 0 bridgehead atoms. The lowest BCUT2D eigenvalue weighted by Crippen LogP contribution is -2.12. The van der Waals surface area contributed by atoms with E-state index in [1.54, 1.807) is 0 Å². The average Bonchev–Trinajstić information content (AvgIpc) is 2.04. The molecule has 0 aliphatic rings. The van der Waals surface area contributed by atoms with Crippen LogP contribution in [0.5, 0.6) is 0 Å². The Morgan fingerprint density at radius 2 is 1.25 bits per heavy atom. The van der Waals surface area contributed by atoms with Gasteiger partial charge in [-0.25, -0.2) is 0 Å². The summed E-state index contributed by atoms with van der Waals surface area (Å²) >= 11 is 0. The van der Waals surface area contributed by atoms with Gasteiger partial charge in [0, 0.05) is 39.6 Å². The van der Waals surface area contributed by atoms with Crippen LogP contribution in [0.1, 0.15) is 0 Å². The number of benzene rings is 1. The third-order valence-corrected chi connectivity index (χ3v) is 1.86. The average molecular weight is 164 g/mol. The largest absolute Gasteiger partial charge is 0.378 e. The molecule has 0 N–H and O–H groups in total. The second kappa shape index (κ2) is 3.48. The van der Waals surface area contributed by atoms with Crippen LogP contribution >= 0.6 is 0 Å². The molecule has 0 amide bonds. The predicted octanol–water partition coefficient (Wildman–Crippen LogP) is 1.82. The van der Waals surface area contributed by atoms with Crippen molar-refractivity contribution in [3.05, 3.63) is 24.3 Å². The zero-order valence-electron chi connectivity index (χ0n) is 8.20. The van der Waals surface area contributed by atoms with Gasteiger partial charge in [-0.05, 0) is 18.2 Å². The molecule has 0 saturated carbocycles. The second-order valence-electron chi connectivity index (χ2n) is 3.31. The predicted molar refractivity (Wildman–Crippen MR) is 55.1 cm³/mol. The molecular weight excluding hydrogens is 148 g/mol. The molecule has 0 fully saturated rings. The van der Waals surface area contributed by atoms with Crippen molar-refractivity contribution in [2.45, 2.75) is 0 Å². The van der Waals surface area contributed by atoms with Gasteiger partial charge in [-0.3, -0.25) is 0 Å². The van der Waals surface area contributed by atoms with Crippen molar-refractivity contribution in [2.75, 3.05) is 38.0 Å². The van der Waals surface area contributed by atoms with Gasteiger partial charge in [-0.2, -0.15) is 0 Å². The highest BCUT2D eigenvalue weighted by Crippen LogP contribution is 2.18. The summed E-state index contributed by atoms with van der Waals surface area (Å²) in [4.78, 5) is 4.21. The van der Waals surface area contributed by atoms with E-state index in [2.05, 4.69) is 62.3 Å². The van der Waals surface area contributed by atoms with Gasteiger partial charge < -0.3 is 9.80 Å². The maximum Gasteiger partial charge on any atom is 0.0381 e. The van der Waals surface area contributed by atoms with Crippen LogP contribution in [0, 0.1) is 0 Å². The fourth-order valence-corrected chi connectivity index (χ4v) is 1.05. The SMILES string of the molecule is CN(C)c1cccc(N(C)C)c1. The minimum absolute atomic E-state index is 1.24.